The Morgan fingerprint density at radius 3 is 2.37 bits per heavy atom. The van der Waals surface area contributed by atoms with Gasteiger partial charge in [-0.05, 0) is 68.7 Å². The maximum atomic E-state index is 13.4. The summed E-state index contributed by atoms with van der Waals surface area (Å²) in [4.78, 5) is 22.6. The first-order chi connectivity index (χ1) is 17.0. The SMILES string of the molecule is CCOc1ccc(N2CN(CCc3ccc(OC)c(OC)c3)Cn3c2nc(C)c(CC)c3=O)cc1. The largest absolute Gasteiger partial charge is 0.494 e. The third-order valence-electron chi connectivity index (χ3n) is 6.35. The summed E-state index contributed by atoms with van der Waals surface area (Å²) in [5.41, 5.74) is 3.70. The lowest BCUT2D eigenvalue weighted by Gasteiger charge is -2.38. The standard InChI is InChI=1S/C27H34N4O4/c1-6-23-19(3)28-27-30(21-9-11-22(12-10-21)35-7-2)17-29(18-31(27)26(23)32)15-14-20-8-13-24(33-4)25(16-20)34-5/h8-13,16H,6-7,14-15,17-18H2,1-5H3. The zero-order chi connectivity index (χ0) is 24.9. The molecule has 0 amide bonds. The second-order valence-corrected chi connectivity index (χ2v) is 8.53. The summed E-state index contributed by atoms with van der Waals surface area (Å²) in [6.07, 6.45) is 1.47. The summed E-state index contributed by atoms with van der Waals surface area (Å²) < 4.78 is 18.2. The molecule has 8 nitrogen and oxygen atoms in total. The summed E-state index contributed by atoms with van der Waals surface area (Å²) in [6.45, 7) is 8.39. The number of anilines is 2. The van der Waals surface area contributed by atoms with Crippen molar-refractivity contribution in [3.05, 3.63) is 69.6 Å². The molecule has 0 aliphatic carbocycles. The first-order valence-corrected chi connectivity index (χ1v) is 12.0. The Hall–Kier alpha value is -3.52. The van der Waals surface area contributed by atoms with Gasteiger partial charge in [-0.15, -0.1) is 0 Å². The van der Waals surface area contributed by atoms with Crippen molar-refractivity contribution < 1.29 is 14.2 Å². The minimum atomic E-state index is 0.0294. The molecule has 4 rings (SSSR count). The van der Waals surface area contributed by atoms with Gasteiger partial charge in [0, 0.05) is 23.5 Å². The van der Waals surface area contributed by atoms with Crippen molar-refractivity contribution in [3.63, 3.8) is 0 Å². The summed E-state index contributed by atoms with van der Waals surface area (Å²) in [6, 6.07) is 13.9. The van der Waals surface area contributed by atoms with Crippen LogP contribution in [0.1, 0.15) is 30.7 Å². The highest BCUT2D eigenvalue weighted by atomic mass is 16.5. The molecule has 0 unspecified atom stereocenters. The Bertz CT molecular complexity index is 1220. The molecular weight excluding hydrogens is 444 g/mol. The molecule has 0 radical (unpaired) electrons. The van der Waals surface area contributed by atoms with Gasteiger partial charge in [-0.3, -0.25) is 19.2 Å². The molecule has 0 saturated carbocycles. The fourth-order valence-electron chi connectivity index (χ4n) is 4.49. The van der Waals surface area contributed by atoms with Crippen LogP contribution in [0.5, 0.6) is 17.2 Å². The number of rotatable bonds is 9. The first kappa shape index (κ1) is 24.6. The normalized spacial score (nSPS) is 13.5. The number of ether oxygens (including phenoxy) is 3. The highest BCUT2D eigenvalue weighted by Crippen LogP contribution is 2.30. The van der Waals surface area contributed by atoms with Gasteiger partial charge >= 0.3 is 0 Å². The van der Waals surface area contributed by atoms with Crippen LogP contribution in [0.15, 0.2) is 47.3 Å². The predicted octanol–water partition coefficient (Wildman–Crippen LogP) is 4.14. The number of aromatic nitrogens is 2. The molecule has 0 fully saturated rings. The van der Waals surface area contributed by atoms with E-state index in [1.165, 1.54) is 0 Å². The van der Waals surface area contributed by atoms with Crippen LogP contribution in [-0.4, -0.2) is 48.5 Å². The average molecular weight is 479 g/mol. The van der Waals surface area contributed by atoms with Gasteiger partial charge in [0.05, 0.1) is 34.2 Å². The Balaban J connectivity index is 1.64. The van der Waals surface area contributed by atoms with Gasteiger partial charge in [-0.2, -0.15) is 0 Å². The molecule has 186 valence electrons. The lowest BCUT2D eigenvalue weighted by Crippen LogP contribution is -2.48. The van der Waals surface area contributed by atoms with Crippen molar-refractivity contribution in [2.75, 3.05) is 38.9 Å². The van der Waals surface area contributed by atoms with Crippen LogP contribution in [0.2, 0.25) is 0 Å². The van der Waals surface area contributed by atoms with E-state index in [1.54, 1.807) is 18.8 Å². The van der Waals surface area contributed by atoms with E-state index < -0.39 is 0 Å². The molecule has 3 aromatic rings. The monoisotopic (exact) mass is 478 g/mol. The zero-order valence-electron chi connectivity index (χ0n) is 21.2. The second-order valence-electron chi connectivity index (χ2n) is 8.53. The highest BCUT2D eigenvalue weighted by molar-refractivity contribution is 5.59. The first-order valence-electron chi connectivity index (χ1n) is 12.0. The van der Waals surface area contributed by atoms with Crippen molar-refractivity contribution >= 4 is 11.6 Å². The average Bonchev–Trinajstić information content (AvgIpc) is 2.88. The number of hydrogen-bond donors (Lipinski definition) is 0. The van der Waals surface area contributed by atoms with Gasteiger partial charge < -0.3 is 14.2 Å². The fraction of sp³-hybridized carbons (Fsp3) is 0.407. The minimum Gasteiger partial charge on any atom is -0.494 e. The van der Waals surface area contributed by atoms with Gasteiger partial charge in [0.15, 0.2) is 11.5 Å². The number of aryl methyl sites for hydroxylation is 1. The molecule has 0 saturated heterocycles. The molecule has 2 aromatic carbocycles. The Morgan fingerprint density at radius 2 is 1.71 bits per heavy atom. The molecule has 1 aromatic heterocycles. The van der Waals surface area contributed by atoms with Gasteiger partial charge in [-0.25, -0.2) is 4.98 Å². The van der Waals surface area contributed by atoms with Gasteiger partial charge in [0.1, 0.15) is 5.75 Å². The van der Waals surface area contributed by atoms with E-state index in [-0.39, 0.29) is 5.56 Å². The number of benzene rings is 2. The number of fused-ring (bicyclic) bond motifs is 1. The van der Waals surface area contributed by atoms with E-state index in [0.29, 0.717) is 43.8 Å². The third-order valence-corrected chi connectivity index (χ3v) is 6.35. The van der Waals surface area contributed by atoms with Crippen molar-refractivity contribution in [3.8, 4) is 17.2 Å². The quantitative estimate of drug-likeness (QED) is 0.458. The van der Waals surface area contributed by atoms with Gasteiger partial charge in [0.2, 0.25) is 5.95 Å². The predicted molar refractivity (Wildman–Crippen MR) is 137 cm³/mol. The minimum absolute atomic E-state index is 0.0294. The summed E-state index contributed by atoms with van der Waals surface area (Å²) in [5, 5.41) is 0. The fourth-order valence-corrected chi connectivity index (χ4v) is 4.49. The number of nitrogens with zero attached hydrogens (tertiary/aromatic N) is 4. The molecule has 1 aliphatic heterocycles. The third kappa shape index (κ3) is 5.12. The zero-order valence-corrected chi connectivity index (χ0v) is 21.2. The Labute approximate surface area is 206 Å². The molecule has 1 aliphatic rings. The molecule has 2 heterocycles. The van der Waals surface area contributed by atoms with E-state index in [2.05, 4.69) is 15.9 Å². The van der Waals surface area contributed by atoms with E-state index >= 15 is 0 Å². The van der Waals surface area contributed by atoms with Crippen LogP contribution < -0.4 is 24.7 Å². The van der Waals surface area contributed by atoms with Crippen molar-refractivity contribution in [2.45, 2.75) is 40.3 Å². The van der Waals surface area contributed by atoms with Crippen LogP contribution in [-0.2, 0) is 19.5 Å². The van der Waals surface area contributed by atoms with E-state index in [1.807, 2.05) is 57.2 Å². The van der Waals surface area contributed by atoms with Gasteiger partial charge in [0.25, 0.3) is 5.56 Å². The Morgan fingerprint density at radius 1 is 0.971 bits per heavy atom. The van der Waals surface area contributed by atoms with E-state index in [9.17, 15) is 4.79 Å². The summed E-state index contributed by atoms with van der Waals surface area (Å²) in [5.74, 6) is 2.93. The van der Waals surface area contributed by atoms with Crippen LogP contribution in [0.4, 0.5) is 11.6 Å². The highest BCUT2D eigenvalue weighted by Gasteiger charge is 2.27. The molecule has 0 spiro atoms. The second kappa shape index (κ2) is 10.8. The molecule has 35 heavy (non-hydrogen) atoms. The summed E-state index contributed by atoms with van der Waals surface area (Å²) in [7, 11) is 3.28. The molecular formula is C27H34N4O4. The van der Waals surface area contributed by atoms with Crippen molar-refractivity contribution in [1.29, 1.82) is 0 Å². The topological polar surface area (TPSA) is 69.1 Å². The van der Waals surface area contributed by atoms with Crippen molar-refractivity contribution in [1.82, 2.24) is 14.5 Å². The van der Waals surface area contributed by atoms with Crippen LogP contribution in [0.3, 0.4) is 0 Å². The molecule has 0 atom stereocenters. The lowest BCUT2D eigenvalue weighted by atomic mass is 10.1. The molecule has 0 bridgehead atoms. The smallest absolute Gasteiger partial charge is 0.259 e. The maximum absolute atomic E-state index is 13.4. The van der Waals surface area contributed by atoms with Crippen LogP contribution >= 0.6 is 0 Å². The number of hydrogen-bond acceptors (Lipinski definition) is 7. The maximum Gasteiger partial charge on any atom is 0.259 e. The van der Waals surface area contributed by atoms with Crippen LogP contribution in [0, 0.1) is 6.92 Å². The number of methoxy groups -OCH3 is 2. The molecule has 8 heteroatoms. The van der Waals surface area contributed by atoms with Crippen molar-refractivity contribution in [2.24, 2.45) is 0 Å². The van der Waals surface area contributed by atoms with Gasteiger partial charge in [-0.1, -0.05) is 13.0 Å². The van der Waals surface area contributed by atoms with E-state index in [4.69, 9.17) is 19.2 Å². The lowest BCUT2D eigenvalue weighted by molar-refractivity contribution is 0.200. The van der Waals surface area contributed by atoms with E-state index in [0.717, 1.165) is 41.2 Å². The molecule has 0 N–H and O–H groups in total. The summed E-state index contributed by atoms with van der Waals surface area (Å²) >= 11 is 0. The Kier molecular flexibility index (Phi) is 7.60. The van der Waals surface area contributed by atoms with Crippen LogP contribution in [0.25, 0.3) is 0 Å².